The second-order valence-electron chi connectivity index (χ2n) is 3.74. The molecule has 0 unspecified atom stereocenters. The highest BCUT2D eigenvalue weighted by molar-refractivity contribution is 9.10. The summed E-state index contributed by atoms with van der Waals surface area (Å²) in [5, 5.41) is 2.74. The highest BCUT2D eigenvalue weighted by Gasteiger charge is 2.07. The first-order valence-electron chi connectivity index (χ1n) is 5.45. The lowest BCUT2D eigenvalue weighted by atomic mass is 10.3. The Bertz CT molecular complexity index is 555. The molecule has 0 saturated heterocycles. The molecule has 1 amide bonds. The minimum atomic E-state index is -0.129. The second-order valence-corrected chi connectivity index (χ2v) is 4.65. The van der Waals surface area contributed by atoms with Crippen molar-refractivity contribution in [3.8, 4) is 11.5 Å². The minimum Gasteiger partial charge on any atom is -0.455 e. The number of carbonyl (C=O) groups is 1. The summed E-state index contributed by atoms with van der Waals surface area (Å²) < 4.78 is 6.64. The zero-order chi connectivity index (χ0) is 13.0. The molecule has 0 radical (unpaired) electrons. The van der Waals surface area contributed by atoms with Crippen LogP contribution in [0.3, 0.4) is 0 Å². The molecular weight excluding hydrogens is 294 g/mol. The van der Waals surface area contributed by atoms with Crippen molar-refractivity contribution in [2.45, 2.75) is 6.92 Å². The molecule has 1 N–H and O–H groups in total. The van der Waals surface area contributed by atoms with Crippen molar-refractivity contribution >= 4 is 27.5 Å². The number of nitrogens with one attached hydrogen (secondary N) is 1. The fourth-order valence-corrected chi connectivity index (χ4v) is 1.83. The number of hydrogen-bond acceptors (Lipinski definition) is 2. The molecule has 0 fully saturated rings. The molecule has 18 heavy (non-hydrogen) atoms. The summed E-state index contributed by atoms with van der Waals surface area (Å²) in [7, 11) is 0. The molecule has 0 saturated carbocycles. The molecule has 2 aromatic rings. The van der Waals surface area contributed by atoms with Crippen LogP contribution in [-0.4, -0.2) is 5.91 Å². The predicted octanol–water partition coefficient (Wildman–Crippen LogP) is 4.20. The van der Waals surface area contributed by atoms with Gasteiger partial charge in [0.25, 0.3) is 0 Å². The number of rotatable bonds is 3. The Balaban J connectivity index is 2.30. The van der Waals surface area contributed by atoms with Crippen LogP contribution in [0.25, 0.3) is 0 Å². The fraction of sp³-hybridized carbons (Fsp3) is 0.0714. The largest absolute Gasteiger partial charge is 0.455 e. The highest BCUT2D eigenvalue weighted by atomic mass is 79.9. The molecule has 3 nitrogen and oxygen atoms in total. The molecule has 0 aromatic heterocycles. The van der Waals surface area contributed by atoms with Crippen LogP contribution in [0.2, 0.25) is 0 Å². The van der Waals surface area contributed by atoms with E-state index in [-0.39, 0.29) is 5.91 Å². The van der Waals surface area contributed by atoms with Gasteiger partial charge in [-0.05, 0) is 30.3 Å². The van der Waals surface area contributed by atoms with Gasteiger partial charge >= 0.3 is 0 Å². The SMILES string of the molecule is CC(=O)Nc1ccc(Br)cc1Oc1ccccc1. The second kappa shape index (κ2) is 5.69. The minimum absolute atomic E-state index is 0.129. The number of halogens is 1. The molecule has 0 spiro atoms. The Morgan fingerprint density at radius 3 is 2.56 bits per heavy atom. The Labute approximate surface area is 114 Å². The lowest BCUT2D eigenvalue weighted by molar-refractivity contribution is -0.114. The van der Waals surface area contributed by atoms with Gasteiger partial charge < -0.3 is 10.1 Å². The number of para-hydroxylation sites is 1. The summed E-state index contributed by atoms with van der Waals surface area (Å²) in [6, 6.07) is 14.9. The van der Waals surface area contributed by atoms with Crippen molar-refractivity contribution in [1.82, 2.24) is 0 Å². The maximum Gasteiger partial charge on any atom is 0.221 e. The fourth-order valence-electron chi connectivity index (χ4n) is 1.49. The van der Waals surface area contributed by atoms with Gasteiger partial charge in [0.05, 0.1) is 5.69 Å². The van der Waals surface area contributed by atoms with E-state index >= 15 is 0 Å². The van der Waals surface area contributed by atoms with Gasteiger partial charge in [0, 0.05) is 11.4 Å². The number of anilines is 1. The van der Waals surface area contributed by atoms with Crippen molar-refractivity contribution in [2.24, 2.45) is 0 Å². The van der Waals surface area contributed by atoms with Gasteiger partial charge in [0.1, 0.15) is 5.75 Å². The zero-order valence-electron chi connectivity index (χ0n) is 9.81. The van der Waals surface area contributed by atoms with Crippen LogP contribution in [0.4, 0.5) is 5.69 Å². The molecule has 0 atom stereocenters. The molecule has 92 valence electrons. The Hall–Kier alpha value is -1.81. The normalized spacial score (nSPS) is 9.89. The van der Waals surface area contributed by atoms with Crippen LogP contribution in [0, 0.1) is 0 Å². The quantitative estimate of drug-likeness (QED) is 0.923. The van der Waals surface area contributed by atoms with E-state index in [1.165, 1.54) is 6.92 Å². The van der Waals surface area contributed by atoms with Crippen LogP contribution in [-0.2, 0) is 4.79 Å². The first-order chi connectivity index (χ1) is 8.65. The third kappa shape index (κ3) is 3.34. The van der Waals surface area contributed by atoms with Gasteiger partial charge in [0.15, 0.2) is 5.75 Å². The number of hydrogen-bond donors (Lipinski definition) is 1. The van der Waals surface area contributed by atoms with Gasteiger partial charge in [-0.1, -0.05) is 34.1 Å². The van der Waals surface area contributed by atoms with E-state index in [4.69, 9.17) is 4.74 Å². The average Bonchev–Trinajstić information content (AvgIpc) is 2.33. The smallest absolute Gasteiger partial charge is 0.221 e. The lowest BCUT2D eigenvalue weighted by Gasteiger charge is -2.11. The molecule has 0 heterocycles. The van der Waals surface area contributed by atoms with E-state index in [2.05, 4.69) is 21.2 Å². The van der Waals surface area contributed by atoms with Gasteiger partial charge in [-0.2, -0.15) is 0 Å². The van der Waals surface area contributed by atoms with Gasteiger partial charge in [-0.3, -0.25) is 4.79 Å². The first-order valence-corrected chi connectivity index (χ1v) is 6.24. The number of carbonyl (C=O) groups excluding carboxylic acids is 1. The van der Waals surface area contributed by atoms with Gasteiger partial charge in [-0.15, -0.1) is 0 Å². The number of amides is 1. The summed E-state index contributed by atoms with van der Waals surface area (Å²) in [5.74, 6) is 1.20. The molecule has 2 rings (SSSR count). The summed E-state index contributed by atoms with van der Waals surface area (Å²) in [4.78, 5) is 11.1. The summed E-state index contributed by atoms with van der Waals surface area (Å²) in [6.45, 7) is 1.47. The maximum atomic E-state index is 11.1. The van der Waals surface area contributed by atoms with E-state index in [1.54, 1.807) is 6.07 Å². The number of benzene rings is 2. The standard InChI is InChI=1S/C14H12BrNO2/c1-10(17)16-13-8-7-11(15)9-14(13)18-12-5-3-2-4-6-12/h2-9H,1H3,(H,16,17). The molecule has 0 aliphatic heterocycles. The maximum absolute atomic E-state index is 11.1. The monoisotopic (exact) mass is 305 g/mol. The lowest BCUT2D eigenvalue weighted by Crippen LogP contribution is -2.06. The summed E-state index contributed by atoms with van der Waals surface area (Å²) in [6.07, 6.45) is 0. The Kier molecular flexibility index (Phi) is 3.99. The average molecular weight is 306 g/mol. The highest BCUT2D eigenvalue weighted by Crippen LogP contribution is 2.32. The third-order valence-corrected chi connectivity index (χ3v) is 2.72. The Morgan fingerprint density at radius 2 is 1.89 bits per heavy atom. The van der Waals surface area contributed by atoms with Gasteiger partial charge in [-0.25, -0.2) is 0 Å². The molecule has 0 aliphatic rings. The van der Waals surface area contributed by atoms with Crippen LogP contribution in [0.5, 0.6) is 11.5 Å². The van der Waals surface area contributed by atoms with E-state index in [0.29, 0.717) is 11.4 Å². The molecular formula is C14H12BrNO2. The Morgan fingerprint density at radius 1 is 1.17 bits per heavy atom. The van der Waals surface area contributed by atoms with Crippen LogP contribution in [0.1, 0.15) is 6.92 Å². The van der Waals surface area contributed by atoms with Crippen molar-refractivity contribution in [3.05, 3.63) is 53.0 Å². The van der Waals surface area contributed by atoms with E-state index in [1.807, 2.05) is 42.5 Å². The molecule has 4 heteroatoms. The van der Waals surface area contributed by atoms with E-state index in [9.17, 15) is 4.79 Å². The number of ether oxygens (including phenoxy) is 1. The summed E-state index contributed by atoms with van der Waals surface area (Å²) in [5.41, 5.74) is 0.648. The zero-order valence-corrected chi connectivity index (χ0v) is 11.4. The third-order valence-electron chi connectivity index (χ3n) is 2.23. The van der Waals surface area contributed by atoms with E-state index in [0.717, 1.165) is 10.2 Å². The van der Waals surface area contributed by atoms with Crippen LogP contribution >= 0.6 is 15.9 Å². The van der Waals surface area contributed by atoms with Gasteiger partial charge in [0.2, 0.25) is 5.91 Å². The summed E-state index contributed by atoms with van der Waals surface area (Å²) >= 11 is 3.38. The topological polar surface area (TPSA) is 38.3 Å². The van der Waals surface area contributed by atoms with Crippen molar-refractivity contribution in [3.63, 3.8) is 0 Å². The molecule has 0 aliphatic carbocycles. The predicted molar refractivity (Wildman–Crippen MR) is 75.0 cm³/mol. The van der Waals surface area contributed by atoms with Crippen molar-refractivity contribution < 1.29 is 9.53 Å². The molecule has 2 aromatic carbocycles. The van der Waals surface area contributed by atoms with Crippen LogP contribution in [0.15, 0.2) is 53.0 Å². The first kappa shape index (κ1) is 12.6. The van der Waals surface area contributed by atoms with E-state index < -0.39 is 0 Å². The van der Waals surface area contributed by atoms with Crippen LogP contribution < -0.4 is 10.1 Å². The molecule has 0 bridgehead atoms. The van der Waals surface area contributed by atoms with Crippen molar-refractivity contribution in [1.29, 1.82) is 0 Å². The van der Waals surface area contributed by atoms with Crippen molar-refractivity contribution in [2.75, 3.05) is 5.32 Å².